The van der Waals surface area contributed by atoms with Crippen LogP contribution < -0.4 is 10.5 Å². The number of hydrogen-bond donors (Lipinski definition) is 2. The molecular weight excluding hydrogens is 403 g/mol. The molecule has 5 rings (SSSR count). The van der Waals surface area contributed by atoms with Crippen molar-refractivity contribution in [2.24, 2.45) is 5.73 Å². The number of nitrogens with two attached hydrogens (primary N) is 1. The lowest BCUT2D eigenvalue weighted by Gasteiger charge is -2.35. The minimum Gasteiger partial charge on any atom is -0.505 e. The maximum absolute atomic E-state index is 13.2. The predicted molar refractivity (Wildman–Crippen MR) is 109 cm³/mol. The second-order valence-corrected chi connectivity index (χ2v) is 7.75. The molecule has 2 aromatic carbocycles. The summed E-state index contributed by atoms with van der Waals surface area (Å²) >= 11 is 0. The Morgan fingerprint density at radius 3 is 2.71 bits per heavy atom. The fraction of sp³-hybridized carbons (Fsp3) is 0.227. The van der Waals surface area contributed by atoms with Crippen LogP contribution in [0.3, 0.4) is 0 Å². The van der Waals surface area contributed by atoms with Crippen molar-refractivity contribution in [2.45, 2.75) is 19.1 Å². The largest absolute Gasteiger partial charge is 0.505 e. The molecule has 158 valence electrons. The van der Waals surface area contributed by atoms with Gasteiger partial charge in [-0.15, -0.1) is 0 Å². The smallest absolute Gasteiger partial charge is 0.415 e. The molecule has 2 aliphatic heterocycles. The Morgan fingerprint density at radius 2 is 2.00 bits per heavy atom. The van der Waals surface area contributed by atoms with Crippen LogP contribution in [0.15, 0.2) is 42.6 Å². The number of rotatable bonds is 3. The molecule has 3 heterocycles. The second kappa shape index (κ2) is 7.21. The molecule has 0 spiro atoms. The number of halogens is 1. The molecule has 0 unspecified atom stereocenters. The van der Waals surface area contributed by atoms with Gasteiger partial charge in [0.15, 0.2) is 5.75 Å². The molecule has 1 fully saturated rings. The number of pyridine rings is 1. The first kappa shape index (κ1) is 19.3. The Hall–Kier alpha value is -3.72. The summed E-state index contributed by atoms with van der Waals surface area (Å²) in [5.74, 6) is -0.818. The number of fused-ring (bicyclic) bond motifs is 2. The van der Waals surface area contributed by atoms with Crippen LogP contribution in [0.1, 0.15) is 21.5 Å². The van der Waals surface area contributed by atoms with Gasteiger partial charge in [0.2, 0.25) is 0 Å². The molecule has 9 heteroatoms. The maximum atomic E-state index is 13.2. The first-order valence-electron chi connectivity index (χ1n) is 9.81. The molecule has 0 aliphatic carbocycles. The molecule has 0 bridgehead atoms. The maximum Gasteiger partial charge on any atom is 0.415 e. The van der Waals surface area contributed by atoms with Gasteiger partial charge in [-0.05, 0) is 29.8 Å². The summed E-state index contributed by atoms with van der Waals surface area (Å²) in [7, 11) is 0. The molecule has 31 heavy (non-hydrogen) atoms. The number of benzene rings is 2. The predicted octanol–water partition coefficient (Wildman–Crippen LogP) is 2.38. The molecule has 1 saturated heterocycles. The van der Waals surface area contributed by atoms with Crippen LogP contribution >= 0.6 is 0 Å². The van der Waals surface area contributed by atoms with E-state index in [1.807, 2.05) is 0 Å². The zero-order valence-corrected chi connectivity index (χ0v) is 16.4. The number of phenols is 1. The summed E-state index contributed by atoms with van der Waals surface area (Å²) in [6.45, 7) is 1.13. The van der Waals surface area contributed by atoms with Crippen molar-refractivity contribution >= 4 is 22.9 Å². The SMILES string of the molecule is NC1CN(C(=O)Oc2c3c(c(O)c4ncccc24)C(=O)N(Cc2ccc(F)cc2)C3)C1. The van der Waals surface area contributed by atoms with E-state index in [-0.39, 0.29) is 47.5 Å². The third-order valence-electron chi connectivity index (χ3n) is 5.58. The van der Waals surface area contributed by atoms with Crippen LogP contribution in [-0.4, -0.2) is 51.0 Å². The van der Waals surface area contributed by atoms with E-state index in [1.165, 1.54) is 28.1 Å². The highest BCUT2D eigenvalue weighted by molar-refractivity contribution is 6.09. The van der Waals surface area contributed by atoms with Gasteiger partial charge < -0.3 is 25.4 Å². The van der Waals surface area contributed by atoms with Gasteiger partial charge in [-0.2, -0.15) is 0 Å². The standard InChI is InChI=1S/C22H19FN4O4/c23-13-5-3-12(4-6-13)8-26-11-16-17(21(26)29)19(28)18-15(2-1-7-25-18)20(16)31-22(30)27-9-14(24)10-27/h1-7,14,28H,8-11,24H2. The van der Waals surface area contributed by atoms with Gasteiger partial charge in [-0.1, -0.05) is 12.1 Å². The molecule has 0 saturated carbocycles. The number of phenolic OH excluding ortho intramolecular Hbond substituents is 1. The van der Waals surface area contributed by atoms with Crippen molar-refractivity contribution in [3.8, 4) is 11.5 Å². The van der Waals surface area contributed by atoms with E-state index < -0.39 is 12.0 Å². The molecular formula is C22H19FN4O4. The number of hydrogen-bond acceptors (Lipinski definition) is 6. The van der Waals surface area contributed by atoms with E-state index in [2.05, 4.69) is 4.98 Å². The Morgan fingerprint density at radius 1 is 1.26 bits per heavy atom. The molecule has 2 aliphatic rings. The molecule has 3 N–H and O–H groups in total. The first-order chi connectivity index (χ1) is 14.9. The van der Waals surface area contributed by atoms with E-state index in [1.54, 1.807) is 24.3 Å². The van der Waals surface area contributed by atoms with Crippen LogP contribution in [0.2, 0.25) is 0 Å². The fourth-order valence-corrected chi connectivity index (χ4v) is 3.98. The topological polar surface area (TPSA) is 109 Å². The summed E-state index contributed by atoms with van der Waals surface area (Å²) < 4.78 is 18.9. The lowest BCUT2D eigenvalue weighted by Crippen LogP contribution is -2.58. The number of likely N-dealkylation sites (tertiary alicyclic amines) is 1. The van der Waals surface area contributed by atoms with Crippen LogP contribution in [0.4, 0.5) is 9.18 Å². The van der Waals surface area contributed by atoms with Crippen molar-refractivity contribution in [1.29, 1.82) is 0 Å². The minimum absolute atomic E-state index is 0.0661. The molecule has 0 atom stereocenters. The average molecular weight is 422 g/mol. The van der Waals surface area contributed by atoms with E-state index in [0.29, 0.717) is 24.0 Å². The number of amides is 2. The van der Waals surface area contributed by atoms with Gasteiger partial charge in [0, 0.05) is 42.8 Å². The van der Waals surface area contributed by atoms with Crippen molar-refractivity contribution in [3.63, 3.8) is 0 Å². The number of nitrogens with zero attached hydrogens (tertiary/aromatic N) is 3. The summed E-state index contributed by atoms with van der Waals surface area (Å²) in [6.07, 6.45) is 0.925. The van der Waals surface area contributed by atoms with Gasteiger partial charge in [0.05, 0.1) is 12.1 Å². The van der Waals surface area contributed by atoms with Crippen molar-refractivity contribution in [3.05, 3.63) is 65.1 Å². The zero-order chi connectivity index (χ0) is 21.7. The quantitative estimate of drug-likeness (QED) is 0.671. The van der Waals surface area contributed by atoms with Crippen LogP contribution in [0.5, 0.6) is 11.5 Å². The summed E-state index contributed by atoms with van der Waals surface area (Å²) in [5, 5.41) is 11.2. The summed E-state index contributed by atoms with van der Waals surface area (Å²) in [4.78, 5) is 32.9. The molecule has 0 radical (unpaired) electrons. The molecule has 2 amide bonds. The zero-order valence-electron chi connectivity index (χ0n) is 16.4. The summed E-state index contributed by atoms with van der Waals surface area (Å²) in [6, 6.07) is 9.10. The normalized spacial score (nSPS) is 15.9. The highest BCUT2D eigenvalue weighted by Crippen LogP contribution is 2.44. The van der Waals surface area contributed by atoms with E-state index in [9.17, 15) is 19.1 Å². The van der Waals surface area contributed by atoms with Gasteiger partial charge in [-0.25, -0.2) is 9.18 Å². The average Bonchev–Trinajstić information content (AvgIpc) is 3.06. The van der Waals surface area contributed by atoms with Crippen LogP contribution in [0.25, 0.3) is 10.9 Å². The Labute approximate surface area is 176 Å². The molecule has 1 aromatic heterocycles. The summed E-state index contributed by atoms with van der Waals surface area (Å²) in [5.41, 5.74) is 7.15. The van der Waals surface area contributed by atoms with Crippen LogP contribution in [-0.2, 0) is 13.1 Å². The molecule has 8 nitrogen and oxygen atoms in total. The third kappa shape index (κ3) is 3.23. The Bertz CT molecular complexity index is 1210. The number of aromatic hydroxyl groups is 1. The van der Waals surface area contributed by atoms with E-state index in [0.717, 1.165) is 5.56 Å². The van der Waals surface area contributed by atoms with Crippen molar-refractivity contribution < 1.29 is 23.8 Å². The first-order valence-corrected chi connectivity index (χ1v) is 9.81. The number of ether oxygens (including phenoxy) is 1. The van der Waals surface area contributed by atoms with Gasteiger partial charge >= 0.3 is 6.09 Å². The Balaban J connectivity index is 1.54. The van der Waals surface area contributed by atoms with E-state index >= 15 is 0 Å². The van der Waals surface area contributed by atoms with Crippen LogP contribution in [0, 0.1) is 5.82 Å². The van der Waals surface area contributed by atoms with Crippen molar-refractivity contribution in [1.82, 2.24) is 14.8 Å². The lowest BCUT2D eigenvalue weighted by atomic mass is 10.0. The number of carbonyl (C=O) groups excluding carboxylic acids is 2. The number of carbonyl (C=O) groups is 2. The lowest BCUT2D eigenvalue weighted by molar-refractivity contribution is 0.0764. The third-order valence-corrected chi connectivity index (χ3v) is 5.58. The number of aromatic nitrogens is 1. The van der Waals surface area contributed by atoms with Gasteiger partial charge in [-0.3, -0.25) is 9.78 Å². The molecule has 3 aromatic rings. The van der Waals surface area contributed by atoms with Gasteiger partial charge in [0.1, 0.15) is 17.1 Å². The van der Waals surface area contributed by atoms with E-state index in [4.69, 9.17) is 10.5 Å². The second-order valence-electron chi connectivity index (χ2n) is 7.75. The van der Waals surface area contributed by atoms with Crippen molar-refractivity contribution in [2.75, 3.05) is 13.1 Å². The van der Waals surface area contributed by atoms with Gasteiger partial charge in [0.25, 0.3) is 5.91 Å². The highest BCUT2D eigenvalue weighted by atomic mass is 19.1. The highest BCUT2D eigenvalue weighted by Gasteiger charge is 2.37. The Kier molecular flexibility index (Phi) is 4.48. The minimum atomic E-state index is -0.566. The fourth-order valence-electron chi connectivity index (χ4n) is 3.98. The monoisotopic (exact) mass is 422 g/mol.